The van der Waals surface area contributed by atoms with Crippen molar-refractivity contribution < 1.29 is 9.18 Å². The fourth-order valence-corrected chi connectivity index (χ4v) is 1.55. The zero-order chi connectivity index (χ0) is 10.1. The molecular weight excluding hydrogens is 183 g/mol. The molecular formula is C10H11FN2O. The number of carbonyl (C=O) groups is 1. The Labute approximate surface area is 81.1 Å². The van der Waals surface area contributed by atoms with Gasteiger partial charge in [0.1, 0.15) is 5.82 Å². The van der Waals surface area contributed by atoms with Crippen molar-refractivity contribution >= 4 is 11.6 Å². The first-order valence-electron chi connectivity index (χ1n) is 4.51. The maximum Gasteiger partial charge on any atom is 0.241 e. The van der Waals surface area contributed by atoms with Gasteiger partial charge in [-0.25, -0.2) is 4.39 Å². The first-order valence-corrected chi connectivity index (χ1v) is 4.51. The molecule has 14 heavy (non-hydrogen) atoms. The molecule has 0 radical (unpaired) electrons. The van der Waals surface area contributed by atoms with E-state index in [0.29, 0.717) is 18.5 Å². The average Bonchev–Trinajstić information content (AvgIpc) is 2.27. The first-order chi connectivity index (χ1) is 6.66. The van der Waals surface area contributed by atoms with E-state index >= 15 is 0 Å². The highest BCUT2D eigenvalue weighted by atomic mass is 19.1. The minimum Gasteiger partial charge on any atom is -0.324 e. The van der Waals surface area contributed by atoms with Crippen LogP contribution >= 0.6 is 0 Å². The number of benzene rings is 1. The van der Waals surface area contributed by atoms with Crippen LogP contribution in [-0.2, 0) is 11.2 Å². The van der Waals surface area contributed by atoms with E-state index in [1.165, 1.54) is 12.1 Å². The molecule has 1 heterocycles. The van der Waals surface area contributed by atoms with E-state index in [4.69, 9.17) is 5.73 Å². The van der Waals surface area contributed by atoms with E-state index < -0.39 is 6.04 Å². The third kappa shape index (κ3) is 1.61. The van der Waals surface area contributed by atoms with E-state index in [-0.39, 0.29) is 11.7 Å². The Hall–Kier alpha value is -1.42. The van der Waals surface area contributed by atoms with Gasteiger partial charge in [-0.15, -0.1) is 0 Å². The zero-order valence-electron chi connectivity index (χ0n) is 7.59. The van der Waals surface area contributed by atoms with Crippen molar-refractivity contribution in [2.24, 2.45) is 5.73 Å². The minimum absolute atomic E-state index is 0.241. The minimum atomic E-state index is -0.495. The lowest BCUT2D eigenvalue weighted by Gasteiger charge is -2.06. The molecule has 3 nitrogen and oxygen atoms in total. The van der Waals surface area contributed by atoms with Crippen LogP contribution < -0.4 is 11.1 Å². The number of halogens is 1. The summed E-state index contributed by atoms with van der Waals surface area (Å²) in [6.45, 7) is 0. The smallest absolute Gasteiger partial charge is 0.241 e. The SMILES string of the molecule is NC1CCc2ccc(F)cc2NC1=O. The van der Waals surface area contributed by atoms with Crippen LogP contribution in [0.4, 0.5) is 10.1 Å². The lowest BCUT2D eigenvalue weighted by molar-refractivity contribution is -0.117. The standard InChI is InChI=1S/C10H11FN2O/c11-7-3-1-6-2-4-8(12)10(14)13-9(6)5-7/h1,3,5,8H,2,4,12H2,(H,13,14). The Morgan fingerprint density at radius 2 is 2.29 bits per heavy atom. The Morgan fingerprint density at radius 3 is 3.07 bits per heavy atom. The highest BCUT2D eigenvalue weighted by Gasteiger charge is 2.19. The number of hydrogen-bond donors (Lipinski definition) is 2. The summed E-state index contributed by atoms with van der Waals surface area (Å²) in [4.78, 5) is 11.3. The van der Waals surface area contributed by atoms with Gasteiger partial charge in [0.2, 0.25) is 5.91 Å². The largest absolute Gasteiger partial charge is 0.324 e. The van der Waals surface area contributed by atoms with Crippen LogP contribution in [0.3, 0.4) is 0 Å². The first kappa shape index (κ1) is 9.15. The van der Waals surface area contributed by atoms with Gasteiger partial charge in [-0.3, -0.25) is 4.79 Å². The molecule has 1 aliphatic rings. The average molecular weight is 194 g/mol. The Balaban J connectivity index is 2.38. The molecule has 1 aromatic rings. The highest BCUT2D eigenvalue weighted by molar-refractivity contribution is 5.96. The van der Waals surface area contributed by atoms with Gasteiger partial charge in [0, 0.05) is 5.69 Å². The summed E-state index contributed by atoms with van der Waals surface area (Å²) < 4.78 is 12.9. The van der Waals surface area contributed by atoms with Crippen molar-refractivity contribution in [3.05, 3.63) is 29.6 Å². The molecule has 0 bridgehead atoms. The summed E-state index contributed by atoms with van der Waals surface area (Å²) in [6, 6.07) is 3.90. The van der Waals surface area contributed by atoms with Gasteiger partial charge in [0.05, 0.1) is 6.04 Å². The molecule has 1 unspecified atom stereocenters. The normalized spacial score (nSPS) is 21.0. The van der Waals surface area contributed by atoms with Gasteiger partial charge >= 0.3 is 0 Å². The number of nitrogens with one attached hydrogen (secondary N) is 1. The second-order valence-electron chi connectivity index (χ2n) is 3.44. The summed E-state index contributed by atoms with van der Waals surface area (Å²) in [5.74, 6) is -0.589. The molecule has 74 valence electrons. The number of fused-ring (bicyclic) bond motifs is 1. The molecule has 0 saturated carbocycles. The third-order valence-electron chi connectivity index (χ3n) is 2.39. The second kappa shape index (κ2) is 3.38. The Morgan fingerprint density at radius 1 is 1.50 bits per heavy atom. The molecule has 2 rings (SSSR count). The second-order valence-corrected chi connectivity index (χ2v) is 3.44. The molecule has 0 fully saturated rings. The summed E-state index contributed by atoms with van der Waals surface area (Å²) >= 11 is 0. The number of anilines is 1. The predicted octanol–water partition coefficient (Wildman–Crippen LogP) is 1.04. The Kier molecular flexibility index (Phi) is 2.21. The fraction of sp³-hybridized carbons (Fsp3) is 0.300. The molecule has 4 heteroatoms. The van der Waals surface area contributed by atoms with Gasteiger partial charge in [0.15, 0.2) is 0 Å². The van der Waals surface area contributed by atoms with Crippen LogP contribution in [0.1, 0.15) is 12.0 Å². The van der Waals surface area contributed by atoms with Crippen LogP contribution in [0.5, 0.6) is 0 Å². The van der Waals surface area contributed by atoms with Gasteiger partial charge < -0.3 is 11.1 Å². The fourth-order valence-electron chi connectivity index (χ4n) is 1.55. The van der Waals surface area contributed by atoms with Crippen molar-refractivity contribution in [3.8, 4) is 0 Å². The van der Waals surface area contributed by atoms with Gasteiger partial charge in [0.25, 0.3) is 0 Å². The molecule has 0 aromatic heterocycles. The summed E-state index contributed by atoms with van der Waals surface area (Å²) in [6.07, 6.45) is 1.31. The topological polar surface area (TPSA) is 55.1 Å². The van der Waals surface area contributed by atoms with E-state index in [0.717, 1.165) is 5.56 Å². The molecule has 0 spiro atoms. The number of amides is 1. The molecule has 1 aliphatic heterocycles. The maximum absolute atomic E-state index is 12.9. The molecule has 0 aliphatic carbocycles. The van der Waals surface area contributed by atoms with Crippen molar-refractivity contribution in [2.75, 3.05) is 5.32 Å². The van der Waals surface area contributed by atoms with Crippen molar-refractivity contribution in [1.29, 1.82) is 0 Å². The summed E-state index contributed by atoms with van der Waals surface area (Å²) in [5, 5.41) is 2.61. The van der Waals surface area contributed by atoms with Crippen LogP contribution in [0.25, 0.3) is 0 Å². The number of hydrogen-bond acceptors (Lipinski definition) is 2. The highest BCUT2D eigenvalue weighted by Crippen LogP contribution is 2.22. The van der Waals surface area contributed by atoms with Crippen molar-refractivity contribution in [2.45, 2.75) is 18.9 Å². The lowest BCUT2D eigenvalue weighted by Crippen LogP contribution is -2.34. The summed E-state index contributed by atoms with van der Waals surface area (Å²) in [7, 11) is 0. The quantitative estimate of drug-likeness (QED) is 0.648. The van der Waals surface area contributed by atoms with E-state index in [1.54, 1.807) is 6.07 Å². The molecule has 1 aromatic carbocycles. The lowest BCUT2D eigenvalue weighted by atomic mass is 10.1. The van der Waals surface area contributed by atoms with Crippen LogP contribution in [0, 0.1) is 5.82 Å². The van der Waals surface area contributed by atoms with E-state index in [1.807, 2.05) is 0 Å². The number of nitrogens with two attached hydrogens (primary N) is 1. The Bertz CT molecular complexity index is 378. The van der Waals surface area contributed by atoms with Gasteiger partial charge in [-0.05, 0) is 30.5 Å². The predicted molar refractivity (Wildman–Crippen MR) is 51.3 cm³/mol. The molecule has 1 atom stereocenters. The number of carbonyl (C=O) groups excluding carboxylic acids is 1. The maximum atomic E-state index is 12.9. The number of rotatable bonds is 0. The molecule has 0 saturated heterocycles. The monoisotopic (exact) mass is 194 g/mol. The van der Waals surface area contributed by atoms with E-state index in [9.17, 15) is 9.18 Å². The van der Waals surface area contributed by atoms with Crippen LogP contribution in [0.15, 0.2) is 18.2 Å². The zero-order valence-corrected chi connectivity index (χ0v) is 7.59. The third-order valence-corrected chi connectivity index (χ3v) is 2.39. The van der Waals surface area contributed by atoms with Gasteiger partial charge in [-0.2, -0.15) is 0 Å². The molecule has 1 amide bonds. The van der Waals surface area contributed by atoms with Crippen LogP contribution in [-0.4, -0.2) is 11.9 Å². The van der Waals surface area contributed by atoms with Crippen molar-refractivity contribution in [1.82, 2.24) is 0 Å². The molecule has 3 N–H and O–H groups in total. The van der Waals surface area contributed by atoms with E-state index in [2.05, 4.69) is 5.32 Å². The summed E-state index contributed by atoms with van der Waals surface area (Å²) in [5.41, 5.74) is 7.07. The van der Waals surface area contributed by atoms with Gasteiger partial charge in [-0.1, -0.05) is 6.07 Å². The van der Waals surface area contributed by atoms with Crippen LogP contribution in [0.2, 0.25) is 0 Å². The number of aryl methyl sites for hydroxylation is 1. The van der Waals surface area contributed by atoms with Crippen molar-refractivity contribution in [3.63, 3.8) is 0 Å².